The van der Waals surface area contributed by atoms with Crippen molar-refractivity contribution in [1.29, 1.82) is 0 Å². The molecule has 0 fully saturated rings. The topological polar surface area (TPSA) is 0 Å². The Hall–Kier alpha value is -0.540. The van der Waals surface area contributed by atoms with E-state index in [0.717, 1.165) is 0 Å². The Bertz CT molecular complexity index is 591. The van der Waals surface area contributed by atoms with Crippen LogP contribution in [0.5, 0.6) is 0 Å². The van der Waals surface area contributed by atoms with Gasteiger partial charge in [0.05, 0.1) is 26.8 Å². The molecule has 6 heteroatoms. The Kier molecular flexibility index (Phi) is 10.7. The molecule has 1 aromatic rings. The summed E-state index contributed by atoms with van der Waals surface area (Å²) >= 11 is 19.9. The zero-order valence-corrected chi connectivity index (χ0v) is 20.8. The molecule has 0 unspecified atom stereocenters. The quantitative estimate of drug-likeness (QED) is 0.269. The maximum atomic E-state index is 3.32. The van der Waals surface area contributed by atoms with Crippen LogP contribution in [0.3, 0.4) is 0 Å². The fourth-order valence-electron chi connectivity index (χ4n) is 0.846. The Morgan fingerprint density at radius 3 is 0.542 bits per heavy atom. The van der Waals surface area contributed by atoms with Crippen LogP contribution >= 0.6 is 95.6 Å². The number of halogens is 6. The van der Waals surface area contributed by atoms with Gasteiger partial charge in [-0.2, -0.15) is 0 Å². The molecule has 0 atom stereocenters. The summed E-state index contributed by atoms with van der Waals surface area (Å²) in [6, 6.07) is 33.1. The zero-order chi connectivity index (χ0) is 17.9. The monoisotopic (exact) mass is 690 g/mol. The summed E-state index contributed by atoms with van der Waals surface area (Å²) in [5.74, 6) is 0. The van der Waals surface area contributed by atoms with E-state index >= 15 is 0 Å². The second kappa shape index (κ2) is 11.9. The molecule has 0 amide bonds. The molecule has 0 nitrogen and oxygen atoms in total. The van der Waals surface area contributed by atoms with E-state index in [1.165, 1.54) is 0 Å². The fraction of sp³-hybridized carbons (Fsp3) is 0. The highest BCUT2D eigenvalue weighted by atomic mass is 79.9. The first-order valence-corrected chi connectivity index (χ1v) is 10.4. The summed E-state index contributed by atoms with van der Waals surface area (Å²) in [5, 5.41) is 0. The van der Waals surface area contributed by atoms with Crippen molar-refractivity contribution in [2.75, 3.05) is 0 Å². The van der Waals surface area contributed by atoms with Crippen molar-refractivity contribution in [3.8, 4) is 0 Å². The Morgan fingerprint density at radius 1 is 0.292 bits per heavy atom. The Labute approximate surface area is 193 Å². The lowest BCUT2D eigenvalue weighted by Gasteiger charge is -1.78. The lowest BCUT2D eigenvalue weighted by atomic mass is 10.5. The molecule has 0 heterocycles. The molecule has 0 aliphatic rings. The standard InChI is InChI=1S/C18Br6/c19-13-7-1-2-8-14(20)16(22)10-5-6-12-18(24)17(23)11-4-3-9-15(13)21. The SMILES string of the molecule is Brc1c#cc#cc(Br)c(Br)c#cc#cc(Br)c(Br)c#cc#cc1Br. The maximum absolute atomic E-state index is 3.32. The third kappa shape index (κ3) is 8.53. The molecule has 0 aliphatic heterocycles. The third-order valence-corrected chi connectivity index (χ3v) is 6.96. The Balaban J connectivity index is 3.60. The first-order valence-electron chi connectivity index (χ1n) is 5.63. The van der Waals surface area contributed by atoms with Crippen molar-refractivity contribution >= 4 is 95.6 Å². The molecule has 0 bridgehead atoms. The van der Waals surface area contributed by atoms with Crippen molar-refractivity contribution in [2.45, 2.75) is 0 Å². The van der Waals surface area contributed by atoms with E-state index in [2.05, 4.69) is 168 Å². The van der Waals surface area contributed by atoms with E-state index in [-0.39, 0.29) is 0 Å². The Morgan fingerprint density at radius 2 is 0.417 bits per heavy atom. The van der Waals surface area contributed by atoms with Crippen molar-refractivity contribution in [3.63, 3.8) is 0 Å². The predicted molar refractivity (Wildman–Crippen MR) is 112 cm³/mol. The second-order valence-corrected chi connectivity index (χ2v) is 8.14. The molecule has 114 valence electrons. The average Bonchev–Trinajstić information content (AvgIpc) is 2.57. The lowest BCUT2D eigenvalue weighted by molar-refractivity contribution is 1.65. The van der Waals surface area contributed by atoms with E-state index < -0.39 is 0 Å². The van der Waals surface area contributed by atoms with Gasteiger partial charge in [-0.15, -0.1) is 0 Å². The largest absolute Gasteiger partial charge is 0.0911 e. The van der Waals surface area contributed by atoms with Crippen LogP contribution in [0, 0.1) is 72.8 Å². The van der Waals surface area contributed by atoms with Crippen molar-refractivity contribution in [2.24, 2.45) is 0 Å². The molecule has 0 aliphatic carbocycles. The van der Waals surface area contributed by atoms with Crippen LogP contribution in [0.4, 0.5) is 0 Å². The van der Waals surface area contributed by atoms with E-state index in [0.29, 0.717) is 26.8 Å². The predicted octanol–water partition coefficient (Wildman–Crippen LogP) is 7.24. The molecule has 1 aromatic carbocycles. The van der Waals surface area contributed by atoms with Crippen LogP contribution in [0.25, 0.3) is 0 Å². The molecular weight excluding hydrogens is 696 g/mol. The molecule has 0 aromatic heterocycles. The minimum atomic E-state index is 0.577. The number of hydrogen-bond acceptors (Lipinski definition) is 0. The van der Waals surface area contributed by atoms with Gasteiger partial charge < -0.3 is 0 Å². The fourth-order valence-corrected chi connectivity index (χ4v) is 2.04. The summed E-state index contributed by atoms with van der Waals surface area (Å²) in [4.78, 5) is 0. The van der Waals surface area contributed by atoms with Crippen LogP contribution in [-0.2, 0) is 0 Å². The minimum absolute atomic E-state index is 0.577. The van der Waals surface area contributed by atoms with E-state index in [9.17, 15) is 0 Å². The second-order valence-electron chi connectivity index (χ2n) is 3.38. The molecule has 0 N–H and O–H groups in total. The molecular formula is C18Br6. The first kappa shape index (κ1) is 21.5. The van der Waals surface area contributed by atoms with Crippen molar-refractivity contribution in [1.82, 2.24) is 0 Å². The summed E-state index contributed by atoms with van der Waals surface area (Å²) < 4.78 is 3.46. The summed E-state index contributed by atoms with van der Waals surface area (Å²) in [6.07, 6.45) is 0. The van der Waals surface area contributed by atoms with E-state index in [1.807, 2.05) is 0 Å². The minimum Gasteiger partial charge on any atom is -0.0433 e. The normalized spacial score (nSPS) is 7.25. The summed E-state index contributed by atoms with van der Waals surface area (Å²) in [7, 11) is 0. The van der Waals surface area contributed by atoms with Crippen LogP contribution in [0.15, 0.2) is 26.8 Å². The van der Waals surface area contributed by atoms with Gasteiger partial charge in [-0.05, 0) is 168 Å². The molecule has 0 saturated carbocycles. The van der Waals surface area contributed by atoms with Gasteiger partial charge in [-0.1, -0.05) is 0 Å². The zero-order valence-electron chi connectivity index (χ0n) is 11.3. The van der Waals surface area contributed by atoms with Gasteiger partial charge in [0.25, 0.3) is 0 Å². The highest BCUT2D eigenvalue weighted by Crippen LogP contribution is 2.17. The number of hydrogen-bond donors (Lipinski definition) is 0. The highest BCUT2D eigenvalue weighted by molar-refractivity contribution is 9.13. The van der Waals surface area contributed by atoms with Gasteiger partial charge in [0.2, 0.25) is 0 Å². The van der Waals surface area contributed by atoms with Gasteiger partial charge in [0.1, 0.15) is 0 Å². The lowest BCUT2D eigenvalue weighted by Crippen LogP contribution is -1.57. The van der Waals surface area contributed by atoms with Crippen molar-refractivity contribution in [3.05, 3.63) is 99.6 Å². The highest BCUT2D eigenvalue weighted by Gasteiger charge is 1.87. The first-order chi connectivity index (χ1) is 11.4. The average molecular weight is 696 g/mol. The van der Waals surface area contributed by atoms with Crippen LogP contribution in [0.2, 0.25) is 0 Å². The van der Waals surface area contributed by atoms with Crippen molar-refractivity contribution < 1.29 is 0 Å². The van der Waals surface area contributed by atoms with Crippen LogP contribution in [0.1, 0.15) is 0 Å². The summed E-state index contributed by atoms with van der Waals surface area (Å²) in [6.45, 7) is 0. The molecule has 24 heavy (non-hydrogen) atoms. The van der Waals surface area contributed by atoms with Crippen LogP contribution < -0.4 is 0 Å². The van der Waals surface area contributed by atoms with Gasteiger partial charge in [0, 0.05) is 0 Å². The van der Waals surface area contributed by atoms with Crippen LogP contribution in [-0.4, -0.2) is 0 Å². The molecule has 1 rings (SSSR count). The molecule has 0 radical (unpaired) electrons. The van der Waals surface area contributed by atoms with Gasteiger partial charge in [-0.25, -0.2) is 0 Å². The van der Waals surface area contributed by atoms with Gasteiger partial charge >= 0.3 is 0 Å². The number of rotatable bonds is 0. The smallest absolute Gasteiger partial charge is 0.0433 e. The van der Waals surface area contributed by atoms with Gasteiger partial charge in [0.15, 0.2) is 0 Å². The van der Waals surface area contributed by atoms with Gasteiger partial charge in [-0.3, -0.25) is 0 Å². The van der Waals surface area contributed by atoms with E-state index in [1.54, 1.807) is 0 Å². The summed E-state index contributed by atoms with van der Waals surface area (Å²) in [5.41, 5.74) is 0. The third-order valence-electron chi connectivity index (χ3n) is 1.80. The molecule has 0 saturated heterocycles. The molecule has 0 spiro atoms. The maximum Gasteiger partial charge on any atom is 0.0911 e. The van der Waals surface area contributed by atoms with E-state index in [4.69, 9.17) is 0 Å².